The van der Waals surface area contributed by atoms with Crippen LogP contribution < -0.4 is 16.4 Å². The fourth-order valence-electron chi connectivity index (χ4n) is 1.90. The molecule has 0 saturated carbocycles. The van der Waals surface area contributed by atoms with Gasteiger partial charge in [-0.15, -0.1) is 0 Å². The Hall–Kier alpha value is -1.71. The lowest BCUT2D eigenvalue weighted by molar-refractivity contribution is -0.123. The summed E-state index contributed by atoms with van der Waals surface area (Å²) in [4.78, 5) is 11.6. The van der Waals surface area contributed by atoms with Crippen molar-refractivity contribution in [3.63, 3.8) is 0 Å². The summed E-state index contributed by atoms with van der Waals surface area (Å²) < 4.78 is 0. The number of rotatable bonds is 2. The van der Waals surface area contributed by atoms with E-state index in [0.29, 0.717) is 0 Å². The molecule has 1 aliphatic rings. The fraction of sp³-hybridized carbons (Fsp3) is 0.417. The van der Waals surface area contributed by atoms with E-state index in [1.165, 1.54) is 0 Å². The van der Waals surface area contributed by atoms with Gasteiger partial charge >= 0.3 is 0 Å². The van der Waals surface area contributed by atoms with Crippen LogP contribution in [0.15, 0.2) is 18.2 Å². The predicted octanol–water partition coefficient (Wildman–Crippen LogP) is 1.27. The first-order chi connectivity index (χ1) is 7.68. The normalized spacial score (nSPS) is 20.3. The van der Waals surface area contributed by atoms with Crippen LogP contribution in [0.5, 0.6) is 0 Å². The zero-order valence-corrected chi connectivity index (χ0v) is 9.42. The highest BCUT2D eigenvalue weighted by molar-refractivity contribution is 5.86. The van der Waals surface area contributed by atoms with Crippen LogP contribution in [0.25, 0.3) is 0 Å². The zero-order valence-electron chi connectivity index (χ0n) is 9.42. The Kier molecular flexibility index (Phi) is 2.99. The van der Waals surface area contributed by atoms with E-state index >= 15 is 0 Å². The zero-order chi connectivity index (χ0) is 11.5. The van der Waals surface area contributed by atoms with Gasteiger partial charge in [0, 0.05) is 6.54 Å². The number of carbonyl (C=O) groups excluding carboxylic acids is 1. The maximum absolute atomic E-state index is 11.6. The van der Waals surface area contributed by atoms with E-state index in [9.17, 15) is 4.79 Å². The third-order valence-electron chi connectivity index (χ3n) is 2.94. The number of nitrogens with two attached hydrogens (primary N) is 1. The summed E-state index contributed by atoms with van der Waals surface area (Å²) in [6.07, 6.45) is 1.87. The number of nitrogen functional groups attached to an aromatic ring is 1. The molecule has 1 aromatic carbocycles. The van der Waals surface area contributed by atoms with Crippen LogP contribution in [0.1, 0.15) is 18.4 Å². The molecular weight excluding hydrogens is 202 g/mol. The number of hydrogen-bond donors (Lipinski definition) is 3. The Balaban J connectivity index is 2.14. The maximum Gasteiger partial charge on any atom is 0.242 e. The molecule has 2 rings (SSSR count). The second kappa shape index (κ2) is 4.43. The van der Waals surface area contributed by atoms with Crippen molar-refractivity contribution in [3.05, 3.63) is 23.8 Å². The Morgan fingerprint density at radius 1 is 1.50 bits per heavy atom. The van der Waals surface area contributed by atoms with Crippen molar-refractivity contribution in [1.82, 2.24) is 5.32 Å². The van der Waals surface area contributed by atoms with Gasteiger partial charge in [-0.2, -0.15) is 0 Å². The van der Waals surface area contributed by atoms with Crippen LogP contribution in [-0.4, -0.2) is 18.5 Å². The smallest absolute Gasteiger partial charge is 0.242 e. The molecule has 1 atom stereocenters. The first-order valence-corrected chi connectivity index (χ1v) is 5.58. The Labute approximate surface area is 95.2 Å². The summed E-state index contributed by atoms with van der Waals surface area (Å²) in [6.45, 7) is 2.74. The molecule has 16 heavy (non-hydrogen) atoms. The van der Waals surface area contributed by atoms with Gasteiger partial charge < -0.3 is 16.4 Å². The lowest BCUT2D eigenvalue weighted by Crippen LogP contribution is -2.44. The molecule has 86 valence electrons. The third-order valence-corrected chi connectivity index (χ3v) is 2.94. The van der Waals surface area contributed by atoms with Crippen molar-refractivity contribution >= 4 is 17.3 Å². The molecule has 4 heteroatoms. The molecule has 0 aromatic heterocycles. The van der Waals surface area contributed by atoms with Crippen molar-refractivity contribution in [2.75, 3.05) is 17.6 Å². The lowest BCUT2D eigenvalue weighted by Gasteiger charge is -2.24. The van der Waals surface area contributed by atoms with E-state index in [2.05, 4.69) is 10.6 Å². The second-order valence-electron chi connectivity index (χ2n) is 4.17. The summed E-state index contributed by atoms with van der Waals surface area (Å²) in [5, 5.41) is 6.05. The Morgan fingerprint density at radius 2 is 2.31 bits per heavy atom. The Bertz CT molecular complexity index is 403. The van der Waals surface area contributed by atoms with E-state index in [4.69, 9.17) is 5.73 Å². The number of para-hydroxylation sites is 1. The van der Waals surface area contributed by atoms with E-state index in [0.717, 1.165) is 36.3 Å². The summed E-state index contributed by atoms with van der Waals surface area (Å²) in [5.74, 6) is 0.0622. The third kappa shape index (κ3) is 2.10. The van der Waals surface area contributed by atoms with Gasteiger partial charge in [0.15, 0.2) is 0 Å². The van der Waals surface area contributed by atoms with Gasteiger partial charge in [-0.05, 0) is 31.4 Å². The molecule has 1 heterocycles. The number of aryl methyl sites for hydroxylation is 1. The number of piperidine rings is 1. The molecule has 4 nitrogen and oxygen atoms in total. The average Bonchev–Trinajstić information content (AvgIpc) is 2.28. The molecule has 1 unspecified atom stereocenters. The van der Waals surface area contributed by atoms with Gasteiger partial charge in [-0.3, -0.25) is 4.79 Å². The van der Waals surface area contributed by atoms with Gasteiger partial charge in [0.25, 0.3) is 0 Å². The van der Waals surface area contributed by atoms with Crippen molar-refractivity contribution < 1.29 is 4.79 Å². The molecule has 4 N–H and O–H groups in total. The minimum atomic E-state index is -0.155. The average molecular weight is 219 g/mol. The molecular formula is C12H17N3O. The molecule has 0 spiro atoms. The molecule has 1 amide bonds. The Morgan fingerprint density at radius 3 is 3.06 bits per heavy atom. The largest absolute Gasteiger partial charge is 0.397 e. The second-order valence-corrected chi connectivity index (χ2v) is 4.17. The summed E-state index contributed by atoms with van der Waals surface area (Å²) >= 11 is 0. The van der Waals surface area contributed by atoms with Crippen molar-refractivity contribution in [3.8, 4) is 0 Å². The monoisotopic (exact) mass is 219 g/mol. The van der Waals surface area contributed by atoms with Gasteiger partial charge in [0.05, 0.1) is 11.4 Å². The first kappa shape index (κ1) is 10.8. The summed E-state index contributed by atoms with van der Waals surface area (Å²) in [5.41, 5.74) is 8.55. The molecule has 0 radical (unpaired) electrons. The number of amides is 1. The number of anilines is 2. The number of hydrogen-bond acceptors (Lipinski definition) is 3. The van der Waals surface area contributed by atoms with Gasteiger partial charge in [-0.1, -0.05) is 12.1 Å². The van der Waals surface area contributed by atoms with Gasteiger partial charge in [0.1, 0.15) is 6.04 Å². The lowest BCUT2D eigenvalue weighted by atomic mass is 10.1. The number of nitrogens with one attached hydrogen (secondary N) is 2. The predicted molar refractivity (Wildman–Crippen MR) is 65.2 cm³/mol. The van der Waals surface area contributed by atoms with E-state index in [-0.39, 0.29) is 11.9 Å². The van der Waals surface area contributed by atoms with Crippen LogP contribution in [0.2, 0.25) is 0 Å². The van der Waals surface area contributed by atoms with Crippen LogP contribution in [0.3, 0.4) is 0 Å². The molecule has 0 aliphatic carbocycles. The standard InChI is InChI=1S/C12H17N3O/c1-8-4-2-5-9(11(8)13)15-10-6-3-7-14-12(10)16/h2,4-5,10,15H,3,6-7,13H2,1H3,(H,14,16). The number of benzene rings is 1. The van der Waals surface area contributed by atoms with Crippen molar-refractivity contribution in [2.45, 2.75) is 25.8 Å². The highest BCUT2D eigenvalue weighted by atomic mass is 16.2. The molecule has 1 aromatic rings. The minimum Gasteiger partial charge on any atom is -0.397 e. The van der Waals surface area contributed by atoms with Crippen LogP contribution in [0, 0.1) is 6.92 Å². The minimum absolute atomic E-state index is 0.0622. The highest BCUT2D eigenvalue weighted by Crippen LogP contribution is 2.23. The molecule has 1 aliphatic heterocycles. The van der Waals surface area contributed by atoms with E-state index in [1.54, 1.807) is 0 Å². The van der Waals surface area contributed by atoms with Crippen molar-refractivity contribution in [1.29, 1.82) is 0 Å². The first-order valence-electron chi connectivity index (χ1n) is 5.58. The maximum atomic E-state index is 11.6. The van der Waals surface area contributed by atoms with Crippen LogP contribution >= 0.6 is 0 Å². The summed E-state index contributed by atoms with van der Waals surface area (Å²) in [6, 6.07) is 5.65. The fourth-order valence-corrected chi connectivity index (χ4v) is 1.90. The quantitative estimate of drug-likeness (QED) is 0.656. The topological polar surface area (TPSA) is 67.1 Å². The molecule has 1 fully saturated rings. The van der Waals surface area contributed by atoms with Gasteiger partial charge in [-0.25, -0.2) is 0 Å². The van der Waals surface area contributed by atoms with E-state index in [1.807, 2.05) is 25.1 Å². The van der Waals surface area contributed by atoms with Crippen LogP contribution in [0.4, 0.5) is 11.4 Å². The van der Waals surface area contributed by atoms with E-state index < -0.39 is 0 Å². The van der Waals surface area contributed by atoms with Gasteiger partial charge in [0.2, 0.25) is 5.91 Å². The molecule has 0 bridgehead atoms. The van der Waals surface area contributed by atoms with Crippen LogP contribution in [-0.2, 0) is 4.79 Å². The highest BCUT2D eigenvalue weighted by Gasteiger charge is 2.22. The molecule has 1 saturated heterocycles. The number of carbonyl (C=O) groups is 1. The van der Waals surface area contributed by atoms with Crippen molar-refractivity contribution in [2.24, 2.45) is 0 Å². The SMILES string of the molecule is Cc1cccc(NC2CCCNC2=O)c1N. The summed E-state index contributed by atoms with van der Waals surface area (Å²) in [7, 11) is 0.